The van der Waals surface area contributed by atoms with Crippen molar-refractivity contribution in [3.05, 3.63) is 50.9 Å². The lowest BCUT2D eigenvalue weighted by molar-refractivity contribution is -0.134. The van der Waals surface area contributed by atoms with Gasteiger partial charge in [0.25, 0.3) is 5.56 Å². The molecular weight excluding hydrogens is 426 g/mol. The smallest absolute Gasteiger partial charge is 0.262 e. The number of amides is 1. The van der Waals surface area contributed by atoms with Crippen LogP contribution < -0.4 is 15.0 Å². The van der Waals surface area contributed by atoms with E-state index in [1.807, 2.05) is 36.9 Å². The molecule has 1 fully saturated rings. The van der Waals surface area contributed by atoms with E-state index < -0.39 is 0 Å². The van der Waals surface area contributed by atoms with Gasteiger partial charge < -0.3 is 14.4 Å². The molecule has 0 atom stereocenters. The molecule has 168 valence electrons. The lowest BCUT2D eigenvalue weighted by atomic mass is 10.1. The Kier molecular flexibility index (Phi) is 5.63. The van der Waals surface area contributed by atoms with Crippen molar-refractivity contribution < 1.29 is 14.3 Å². The normalized spacial score (nSPS) is 15.6. The number of rotatable bonds is 6. The highest BCUT2D eigenvalue weighted by molar-refractivity contribution is 7.18. The Morgan fingerprint density at radius 2 is 2.00 bits per heavy atom. The monoisotopic (exact) mass is 453 g/mol. The van der Waals surface area contributed by atoms with Crippen LogP contribution in [0.5, 0.6) is 11.5 Å². The van der Waals surface area contributed by atoms with E-state index in [9.17, 15) is 9.59 Å². The van der Waals surface area contributed by atoms with Crippen LogP contribution in [0.25, 0.3) is 10.2 Å². The average molecular weight is 454 g/mol. The van der Waals surface area contributed by atoms with Crippen LogP contribution in [0, 0.1) is 13.8 Å². The number of aromatic nitrogens is 2. The Morgan fingerprint density at radius 3 is 2.81 bits per heavy atom. The molecular formula is C24H27N3O4S. The number of nitrogens with zero attached hydrogens (tertiary/aromatic N) is 3. The van der Waals surface area contributed by atoms with Crippen molar-refractivity contribution >= 4 is 27.5 Å². The highest BCUT2D eigenvalue weighted by Gasteiger charge is 2.27. The zero-order valence-electron chi connectivity index (χ0n) is 18.4. The van der Waals surface area contributed by atoms with Crippen molar-refractivity contribution in [3.8, 4) is 11.5 Å². The summed E-state index contributed by atoms with van der Waals surface area (Å²) < 4.78 is 12.5. The van der Waals surface area contributed by atoms with E-state index in [0.29, 0.717) is 18.5 Å². The summed E-state index contributed by atoms with van der Waals surface area (Å²) in [7, 11) is 0. The van der Waals surface area contributed by atoms with Crippen LogP contribution in [0.4, 0.5) is 0 Å². The standard InChI is InChI=1S/C24H27N3O4S/c1-15-16(2)32-23-22(15)24(29)26(13-25-23)10-9-21(28)27(18-5-3-4-6-18)12-17-7-8-19-20(11-17)31-14-30-19/h7-8,11,13,18H,3-6,9-10,12,14H2,1-2H3. The van der Waals surface area contributed by atoms with Crippen molar-refractivity contribution in [2.75, 3.05) is 6.79 Å². The largest absolute Gasteiger partial charge is 0.454 e. The minimum absolute atomic E-state index is 0.0622. The molecule has 7 nitrogen and oxygen atoms in total. The lowest BCUT2D eigenvalue weighted by Crippen LogP contribution is -2.39. The maximum absolute atomic E-state index is 13.3. The summed E-state index contributed by atoms with van der Waals surface area (Å²) in [6.07, 6.45) is 6.19. The van der Waals surface area contributed by atoms with Gasteiger partial charge in [-0.2, -0.15) is 0 Å². The fourth-order valence-corrected chi connectivity index (χ4v) is 5.65. The molecule has 3 aromatic rings. The summed E-state index contributed by atoms with van der Waals surface area (Å²) in [6, 6.07) is 6.10. The minimum Gasteiger partial charge on any atom is -0.454 e. The summed E-state index contributed by atoms with van der Waals surface area (Å²) in [5, 5.41) is 0.676. The van der Waals surface area contributed by atoms with Gasteiger partial charge in [-0.1, -0.05) is 18.9 Å². The van der Waals surface area contributed by atoms with Gasteiger partial charge in [-0.15, -0.1) is 11.3 Å². The second-order valence-corrected chi connectivity index (χ2v) is 9.81. The van der Waals surface area contributed by atoms with Gasteiger partial charge in [0.15, 0.2) is 11.5 Å². The second kappa shape index (κ2) is 8.58. The highest BCUT2D eigenvalue weighted by Crippen LogP contribution is 2.34. The molecule has 1 aliphatic heterocycles. The molecule has 2 aromatic heterocycles. The van der Waals surface area contributed by atoms with Crippen molar-refractivity contribution in [2.45, 2.75) is 65.1 Å². The molecule has 0 saturated heterocycles. The number of hydrogen-bond donors (Lipinski definition) is 0. The Morgan fingerprint density at radius 1 is 1.22 bits per heavy atom. The fourth-order valence-electron chi connectivity index (χ4n) is 4.66. The number of thiophene rings is 1. The summed E-state index contributed by atoms with van der Waals surface area (Å²) in [6.45, 7) is 5.07. The van der Waals surface area contributed by atoms with Crippen LogP contribution in [-0.4, -0.2) is 33.2 Å². The van der Waals surface area contributed by atoms with Crippen LogP contribution in [0.15, 0.2) is 29.3 Å². The van der Waals surface area contributed by atoms with Gasteiger partial charge in [0.2, 0.25) is 12.7 Å². The molecule has 0 spiro atoms. The molecule has 32 heavy (non-hydrogen) atoms. The first kappa shape index (κ1) is 21.0. The Labute approximate surface area is 190 Å². The van der Waals surface area contributed by atoms with E-state index >= 15 is 0 Å². The summed E-state index contributed by atoms with van der Waals surface area (Å²) >= 11 is 1.54. The number of carbonyl (C=O) groups is 1. The molecule has 1 amide bonds. The fraction of sp³-hybridized carbons (Fsp3) is 0.458. The van der Waals surface area contributed by atoms with Gasteiger partial charge in [-0.3, -0.25) is 14.2 Å². The molecule has 0 radical (unpaired) electrons. The molecule has 1 saturated carbocycles. The maximum atomic E-state index is 13.3. The van der Waals surface area contributed by atoms with E-state index in [1.165, 1.54) is 11.3 Å². The predicted octanol–water partition coefficient (Wildman–Crippen LogP) is 4.17. The van der Waals surface area contributed by atoms with Crippen molar-refractivity contribution in [2.24, 2.45) is 0 Å². The van der Waals surface area contributed by atoms with Gasteiger partial charge in [0.1, 0.15) is 4.83 Å². The number of fused-ring (bicyclic) bond motifs is 2. The van der Waals surface area contributed by atoms with E-state index in [-0.39, 0.29) is 30.7 Å². The first-order valence-corrected chi connectivity index (χ1v) is 12.0. The maximum Gasteiger partial charge on any atom is 0.262 e. The van der Waals surface area contributed by atoms with E-state index in [1.54, 1.807) is 10.9 Å². The molecule has 5 rings (SSSR count). The molecule has 1 aromatic carbocycles. The SMILES string of the molecule is Cc1sc2ncn(CCC(=O)N(Cc3ccc4c(c3)OCO4)C3CCCC3)c(=O)c2c1C. The van der Waals surface area contributed by atoms with Gasteiger partial charge in [0, 0.05) is 30.4 Å². The first-order chi connectivity index (χ1) is 15.5. The third-order valence-electron chi connectivity index (χ3n) is 6.60. The van der Waals surface area contributed by atoms with E-state index in [0.717, 1.165) is 58.0 Å². The number of aryl methyl sites for hydroxylation is 3. The molecule has 0 unspecified atom stereocenters. The Bertz CT molecular complexity index is 1230. The third-order valence-corrected chi connectivity index (χ3v) is 7.71. The molecule has 0 N–H and O–H groups in total. The van der Waals surface area contributed by atoms with Crippen molar-refractivity contribution in [3.63, 3.8) is 0 Å². The van der Waals surface area contributed by atoms with Gasteiger partial charge in [0.05, 0.1) is 11.7 Å². The summed E-state index contributed by atoms with van der Waals surface area (Å²) in [4.78, 5) is 34.6. The van der Waals surface area contributed by atoms with Crippen molar-refractivity contribution in [1.82, 2.24) is 14.5 Å². The molecule has 0 bridgehead atoms. The number of ether oxygens (including phenoxy) is 2. The zero-order valence-corrected chi connectivity index (χ0v) is 19.2. The number of benzene rings is 1. The molecule has 1 aliphatic carbocycles. The summed E-state index contributed by atoms with van der Waals surface area (Å²) in [5.41, 5.74) is 1.95. The van der Waals surface area contributed by atoms with Crippen LogP contribution >= 0.6 is 11.3 Å². The Hall–Kier alpha value is -2.87. The highest BCUT2D eigenvalue weighted by atomic mass is 32.1. The van der Waals surface area contributed by atoms with E-state index in [4.69, 9.17) is 9.47 Å². The predicted molar refractivity (Wildman–Crippen MR) is 123 cm³/mol. The van der Waals surface area contributed by atoms with Gasteiger partial charge in [-0.05, 0) is 49.9 Å². The third kappa shape index (κ3) is 3.88. The van der Waals surface area contributed by atoms with E-state index in [2.05, 4.69) is 4.98 Å². The molecule has 2 aliphatic rings. The second-order valence-electron chi connectivity index (χ2n) is 8.60. The lowest BCUT2D eigenvalue weighted by Gasteiger charge is -2.29. The van der Waals surface area contributed by atoms with Crippen LogP contribution in [0.2, 0.25) is 0 Å². The molecule has 3 heterocycles. The Balaban J connectivity index is 1.34. The number of carbonyl (C=O) groups excluding carboxylic acids is 1. The first-order valence-electron chi connectivity index (χ1n) is 11.1. The summed E-state index contributed by atoms with van der Waals surface area (Å²) in [5.74, 6) is 1.54. The number of hydrogen-bond acceptors (Lipinski definition) is 6. The zero-order chi connectivity index (χ0) is 22.2. The van der Waals surface area contributed by atoms with Crippen LogP contribution in [-0.2, 0) is 17.9 Å². The quantitative estimate of drug-likeness (QED) is 0.560. The topological polar surface area (TPSA) is 73.7 Å². The van der Waals surface area contributed by atoms with Gasteiger partial charge in [-0.25, -0.2) is 4.98 Å². The van der Waals surface area contributed by atoms with Gasteiger partial charge >= 0.3 is 0 Å². The molecule has 8 heteroatoms. The van der Waals surface area contributed by atoms with Crippen LogP contribution in [0.3, 0.4) is 0 Å². The van der Waals surface area contributed by atoms with Crippen LogP contribution in [0.1, 0.15) is 48.1 Å². The minimum atomic E-state index is -0.0622. The average Bonchev–Trinajstić information content (AvgIpc) is 3.52. The van der Waals surface area contributed by atoms with Crippen molar-refractivity contribution in [1.29, 1.82) is 0 Å².